The number of esters is 1. The highest BCUT2D eigenvalue weighted by Crippen LogP contribution is 2.76. The topological polar surface area (TPSA) is 119 Å². The van der Waals surface area contributed by atoms with Crippen LogP contribution in [-0.4, -0.2) is 87.2 Å². The molecule has 2 aliphatic heterocycles. The Morgan fingerprint density at radius 3 is 1.54 bits per heavy atom. The van der Waals surface area contributed by atoms with Crippen LogP contribution in [0.3, 0.4) is 0 Å². The number of carbonyl (C=O) groups excluding carboxylic acids is 1. The molecule has 0 spiro atoms. The fraction of sp³-hybridized carbons (Fsp3) is 0.552. The Bertz CT molecular complexity index is 3540. The van der Waals surface area contributed by atoms with Crippen LogP contribution in [0.25, 0.3) is 0 Å². The molecule has 0 bridgehead atoms. The van der Waals surface area contributed by atoms with E-state index in [0.717, 1.165) is 110 Å². The van der Waals surface area contributed by atoms with Crippen molar-refractivity contribution in [1.29, 1.82) is 0 Å². The average molecular weight is 1350 g/mol. The largest absolute Gasteiger partial charge is 0.465 e. The van der Waals surface area contributed by atoms with Crippen LogP contribution >= 0.6 is 0 Å². The molecule has 7 aliphatic rings. The monoisotopic (exact) mass is 1350 g/mol. The van der Waals surface area contributed by atoms with E-state index in [1.807, 2.05) is 109 Å². The first-order valence-corrected chi connectivity index (χ1v) is 37.4. The quantitative estimate of drug-likeness (QED) is 0.0211. The Labute approximate surface area is 590 Å². The molecule has 0 amide bonds. The number of benzene rings is 6. The van der Waals surface area contributed by atoms with Crippen LogP contribution in [0, 0.1) is 50.2 Å². The van der Waals surface area contributed by atoms with Gasteiger partial charge in [0.05, 0.1) is 71.0 Å². The van der Waals surface area contributed by atoms with Gasteiger partial charge in [0.25, 0.3) is 0 Å². The van der Waals surface area contributed by atoms with E-state index in [-0.39, 0.29) is 78.1 Å². The molecule has 6 aromatic rings. The van der Waals surface area contributed by atoms with Gasteiger partial charge in [-0.15, -0.1) is 0 Å². The van der Waals surface area contributed by atoms with Crippen molar-refractivity contribution >= 4 is 5.97 Å². The molecular weight excluding hydrogens is 1240 g/mol. The molecule has 12 heteroatoms. The summed E-state index contributed by atoms with van der Waals surface area (Å²) in [6.07, 6.45) is 7.19. The predicted octanol–water partition coefficient (Wildman–Crippen LogP) is 18.1. The van der Waals surface area contributed by atoms with Crippen molar-refractivity contribution in [3.8, 4) is 0 Å². The third kappa shape index (κ3) is 15.4. The van der Waals surface area contributed by atoms with E-state index in [1.165, 1.54) is 0 Å². The van der Waals surface area contributed by atoms with Gasteiger partial charge in [0.2, 0.25) is 0 Å². The van der Waals surface area contributed by atoms with Gasteiger partial charge in [-0.1, -0.05) is 255 Å². The van der Waals surface area contributed by atoms with Crippen LogP contribution < -0.4 is 0 Å². The van der Waals surface area contributed by atoms with Crippen LogP contribution in [0.1, 0.15) is 166 Å². The molecule has 99 heavy (non-hydrogen) atoms. The molecule has 13 rings (SSSR count). The summed E-state index contributed by atoms with van der Waals surface area (Å²) in [4.78, 5) is 14.6. The lowest BCUT2D eigenvalue weighted by Gasteiger charge is -2.71. The maximum Gasteiger partial charge on any atom is 0.312 e. The van der Waals surface area contributed by atoms with Crippen molar-refractivity contribution in [3.05, 3.63) is 227 Å². The molecule has 12 nitrogen and oxygen atoms in total. The third-order valence-electron chi connectivity index (χ3n) is 25.1. The summed E-state index contributed by atoms with van der Waals surface area (Å²) in [6, 6.07) is 61.4. The zero-order chi connectivity index (χ0) is 68.7. The minimum absolute atomic E-state index is 0.0235. The average Bonchev–Trinajstić information content (AvgIpc) is 0.676. The molecule has 17 atom stereocenters. The summed E-state index contributed by atoms with van der Waals surface area (Å²) in [7, 11) is 0. The number of hydrogen-bond acceptors (Lipinski definition) is 12. The molecule has 6 fully saturated rings. The highest BCUT2D eigenvalue weighted by atomic mass is 16.8. The Morgan fingerprint density at radius 1 is 0.495 bits per heavy atom. The molecule has 0 aromatic heterocycles. The zero-order valence-corrected chi connectivity index (χ0v) is 60.2. The summed E-state index contributed by atoms with van der Waals surface area (Å²) in [5.41, 5.74) is 7.11. The van der Waals surface area contributed by atoms with E-state index < -0.39 is 60.7 Å². The zero-order valence-electron chi connectivity index (χ0n) is 60.2. The van der Waals surface area contributed by atoms with Gasteiger partial charge in [-0.25, -0.2) is 0 Å². The van der Waals surface area contributed by atoms with E-state index in [1.54, 1.807) is 5.57 Å². The van der Waals surface area contributed by atoms with Gasteiger partial charge in [-0.05, 0) is 149 Å². The molecule has 6 aromatic carbocycles. The molecular formula is C87H110O12. The number of carbonyl (C=O) groups is 1. The van der Waals surface area contributed by atoms with Gasteiger partial charge >= 0.3 is 5.97 Å². The van der Waals surface area contributed by atoms with Crippen LogP contribution in [0.4, 0.5) is 0 Å². The van der Waals surface area contributed by atoms with Gasteiger partial charge in [0.1, 0.15) is 42.7 Å². The van der Waals surface area contributed by atoms with Crippen molar-refractivity contribution < 1.29 is 56.9 Å². The highest BCUT2D eigenvalue weighted by Gasteiger charge is 2.70. The standard InChI is InChI=1S/C87H110O12/c1-9-10-51-90-81(88)87-49-47-82(2,3)52-68(87)67-41-42-72-84(6)45-44-73(83(4,5)71(84)43-46-86(72,8)85(67,7)48-50-87)98-79-77(94-57-65-37-25-15-26-38-65)75(69(60-96-79)91-54-62-31-19-12-20-32-62)99-80-78(95-58-66-39-27-16-28-40-66)76(93-56-64-35-23-14-24-36-64)74(92-55-63-33-21-13-22-34-63)70(97-80)59-89-53-61-29-17-11-18-30-61/h11-41,68-80H,9-10,42-60H2,1-8H3/t68?,69-,70?,71?,72?,73+,74+,75?,76?,77+,78+,79+,80+,84+,85-,86-,87+/m1/s1. The van der Waals surface area contributed by atoms with Crippen molar-refractivity contribution in [1.82, 2.24) is 0 Å². The van der Waals surface area contributed by atoms with Gasteiger partial charge in [0.15, 0.2) is 12.6 Å². The van der Waals surface area contributed by atoms with Crippen molar-refractivity contribution in [2.75, 3.05) is 19.8 Å². The number of unbranched alkanes of at least 4 members (excludes halogenated alkanes) is 1. The molecule has 6 unspecified atom stereocenters. The maximum absolute atomic E-state index is 14.6. The van der Waals surface area contributed by atoms with E-state index in [0.29, 0.717) is 38.3 Å². The minimum atomic E-state index is -1.08. The van der Waals surface area contributed by atoms with Crippen LogP contribution in [0.2, 0.25) is 0 Å². The number of hydrogen-bond donors (Lipinski definition) is 0. The highest BCUT2D eigenvalue weighted by molar-refractivity contribution is 5.79. The molecule has 5 aliphatic carbocycles. The lowest BCUT2D eigenvalue weighted by molar-refractivity contribution is -0.375. The Kier molecular flexibility index (Phi) is 22.7. The summed E-state index contributed by atoms with van der Waals surface area (Å²) in [6.45, 7) is 22.4. The molecule has 4 saturated carbocycles. The molecule has 2 saturated heterocycles. The molecule has 530 valence electrons. The number of rotatable bonds is 27. The van der Waals surface area contributed by atoms with Gasteiger partial charge in [0, 0.05) is 0 Å². The molecule has 2 heterocycles. The van der Waals surface area contributed by atoms with Crippen LogP contribution in [0.15, 0.2) is 194 Å². The van der Waals surface area contributed by atoms with Gasteiger partial charge in [-0.2, -0.15) is 0 Å². The second-order valence-electron chi connectivity index (χ2n) is 32.1. The Balaban J connectivity index is 0.838. The fourth-order valence-corrected chi connectivity index (χ4v) is 19.3. The van der Waals surface area contributed by atoms with E-state index in [9.17, 15) is 4.79 Å². The third-order valence-corrected chi connectivity index (χ3v) is 25.1. The Morgan fingerprint density at radius 2 is 0.990 bits per heavy atom. The predicted molar refractivity (Wildman–Crippen MR) is 384 cm³/mol. The molecule has 0 radical (unpaired) electrons. The lowest BCUT2D eigenvalue weighted by Crippen LogP contribution is -2.66. The first-order chi connectivity index (χ1) is 48.0. The maximum atomic E-state index is 14.6. The van der Waals surface area contributed by atoms with E-state index in [4.69, 9.17) is 52.1 Å². The summed E-state index contributed by atoms with van der Waals surface area (Å²) < 4.78 is 79.3. The van der Waals surface area contributed by atoms with Crippen molar-refractivity contribution in [2.24, 2.45) is 50.2 Å². The van der Waals surface area contributed by atoms with Gasteiger partial charge in [-0.3, -0.25) is 4.79 Å². The summed E-state index contributed by atoms with van der Waals surface area (Å²) in [5.74, 6) is 1.07. The van der Waals surface area contributed by atoms with Crippen LogP contribution in [-0.2, 0) is 96.5 Å². The SMILES string of the molecule is CCCCOC(=O)[C@]12CCC(C)(C)CC1C1=CCC3[C@@]4(C)CC[C@H](O[C@@H]5OC[C@@H](OCc6ccccc6)C(O[C@@H]6OC(COCc7ccccc7)[C@H](OCc7ccccc7)C(OCc7ccccc7)[C@@H]6OCc6ccccc6)[C@@H]5OCc5ccccc5)C(C)(C)C4CC[C@@]3(C)[C@]1(C)CC2. The second kappa shape index (κ2) is 31.4. The number of ether oxygens (including phenoxy) is 11. The molecule has 0 N–H and O–H groups in total. The van der Waals surface area contributed by atoms with Gasteiger partial charge < -0.3 is 52.1 Å². The number of allylic oxidation sites excluding steroid dienone is 2. The Hall–Kier alpha value is -5.87. The van der Waals surface area contributed by atoms with Crippen LogP contribution in [0.5, 0.6) is 0 Å². The first-order valence-electron chi connectivity index (χ1n) is 37.4. The fourth-order valence-electron chi connectivity index (χ4n) is 19.3. The lowest BCUT2D eigenvalue weighted by atomic mass is 9.33. The van der Waals surface area contributed by atoms with E-state index in [2.05, 4.69) is 134 Å². The normalized spacial score (nSPS) is 33.8. The number of fused-ring (bicyclic) bond motifs is 7. The first kappa shape index (κ1) is 71.5. The minimum Gasteiger partial charge on any atom is -0.465 e. The van der Waals surface area contributed by atoms with Crippen molar-refractivity contribution in [2.45, 2.75) is 233 Å². The van der Waals surface area contributed by atoms with Crippen molar-refractivity contribution in [3.63, 3.8) is 0 Å². The smallest absolute Gasteiger partial charge is 0.312 e. The summed E-state index contributed by atoms with van der Waals surface area (Å²) >= 11 is 0. The second-order valence-corrected chi connectivity index (χ2v) is 32.1. The van der Waals surface area contributed by atoms with E-state index >= 15 is 0 Å². The summed E-state index contributed by atoms with van der Waals surface area (Å²) in [5, 5.41) is 0.